The molecule has 1 N–H and O–H groups in total. The van der Waals surface area contributed by atoms with Crippen LogP contribution in [0.4, 0.5) is 4.39 Å². The van der Waals surface area contributed by atoms with Gasteiger partial charge in [-0.2, -0.15) is 0 Å². The van der Waals surface area contributed by atoms with Crippen LogP contribution in [-0.2, 0) is 14.6 Å². The van der Waals surface area contributed by atoms with Gasteiger partial charge in [-0.15, -0.1) is 0 Å². The topological polar surface area (TPSA) is 66.5 Å². The Balaban J connectivity index is 1.60. The van der Waals surface area contributed by atoms with Crippen LogP contribution in [0.3, 0.4) is 0 Å². The van der Waals surface area contributed by atoms with Crippen molar-refractivity contribution in [3.63, 3.8) is 0 Å². The van der Waals surface area contributed by atoms with Crippen molar-refractivity contribution in [1.29, 1.82) is 0 Å². The summed E-state index contributed by atoms with van der Waals surface area (Å²) in [6.07, 6.45) is 4.02. The molecule has 0 spiro atoms. The number of nitrogens with zero attached hydrogens (tertiary/aromatic N) is 1. The molecule has 2 aliphatic rings. The van der Waals surface area contributed by atoms with Crippen LogP contribution in [0.15, 0.2) is 29.2 Å². The van der Waals surface area contributed by atoms with Crippen LogP contribution >= 0.6 is 0 Å². The molecule has 3 rings (SSSR count). The van der Waals surface area contributed by atoms with Gasteiger partial charge in [-0.05, 0) is 57.0 Å². The van der Waals surface area contributed by atoms with Crippen molar-refractivity contribution < 1.29 is 17.6 Å². The number of halogens is 1. The lowest BCUT2D eigenvalue weighted by Crippen LogP contribution is -2.49. The molecule has 7 heteroatoms. The first-order chi connectivity index (χ1) is 10.8. The number of rotatable bonds is 4. The molecule has 0 saturated carbocycles. The SMILES string of the molecule is CN1C2CCC1CC(NC(=O)CS(=O)(=O)c1ccc(F)cc1)C2. The second-order valence-electron chi connectivity index (χ2n) is 6.50. The second-order valence-corrected chi connectivity index (χ2v) is 8.49. The number of benzene rings is 1. The molecule has 2 aliphatic heterocycles. The van der Waals surface area contributed by atoms with E-state index in [2.05, 4.69) is 17.3 Å². The van der Waals surface area contributed by atoms with Crippen molar-refractivity contribution in [2.75, 3.05) is 12.8 Å². The van der Waals surface area contributed by atoms with E-state index in [-0.39, 0.29) is 10.9 Å². The van der Waals surface area contributed by atoms with E-state index < -0.39 is 27.3 Å². The second kappa shape index (κ2) is 6.20. The smallest absolute Gasteiger partial charge is 0.235 e. The Kier molecular flexibility index (Phi) is 4.42. The lowest BCUT2D eigenvalue weighted by Gasteiger charge is -2.36. The summed E-state index contributed by atoms with van der Waals surface area (Å²) in [5.74, 6) is -1.58. The maximum atomic E-state index is 12.9. The number of sulfone groups is 1. The van der Waals surface area contributed by atoms with Crippen molar-refractivity contribution in [2.24, 2.45) is 0 Å². The number of amides is 1. The summed E-state index contributed by atoms with van der Waals surface area (Å²) in [4.78, 5) is 14.4. The molecule has 1 aromatic rings. The van der Waals surface area contributed by atoms with Gasteiger partial charge in [0.2, 0.25) is 5.91 Å². The van der Waals surface area contributed by atoms with Crippen LogP contribution in [-0.4, -0.2) is 50.2 Å². The van der Waals surface area contributed by atoms with E-state index in [1.54, 1.807) is 0 Å². The van der Waals surface area contributed by atoms with Crippen LogP contribution in [0, 0.1) is 5.82 Å². The molecule has 2 saturated heterocycles. The third-order valence-electron chi connectivity index (χ3n) is 4.96. The van der Waals surface area contributed by atoms with Gasteiger partial charge in [0.25, 0.3) is 0 Å². The molecule has 2 bridgehead atoms. The number of piperidine rings is 1. The lowest BCUT2D eigenvalue weighted by atomic mass is 9.98. The zero-order valence-electron chi connectivity index (χ0n) is 13.0. The number of carbonyl (C=O) groups excluding carboxylic acids is 1. The maximum absolute atomic E-state index is 12.9. The molecule has 2 unspecified atom stereocenters. The van der Waals surface area contributed by atoms with Gasteiger partial charge >= 0.3 is 0 Å². The minimum atomic E-state index is -3.74. The van der Waals surface area contributed by atoms with E-state index in [1.165, 1.54) is 12.1 Å². The Hall–Kier alpha value is -1.47. The summed E-state index contributed by atoms with van der Waals surface area (Å²) in [5, 5.41) is 2.86. The van der Waals surface area contributed by atoms with E-state index in [0.717, 1.165) is 37.8 Å². The Morgan fingerprint density at radius 3 is 2.35 bits per heavy atom. The molecule has 2 fully saturated rings. The lowest BCUT2D eigenvalue weighted by molar-refractivity contribution is -0.119. The van der Waals surface area contributed by atoms with Gasteiger partial charge in [0.15, 0.2) is 9.84 Å². The van der Waals surface area contributed by atoms with Gasteiger partial charge in [-0.3, -0.25) is 4.79 Å². The van der Waals surface area contributed by atoms with Crippen LogP contribution < -0.4 is 5.32 Å². The highest BCUT2D eigenvalue weighted by Gasteiger charge is 2.39. The van der Waals surface area contributed by atoms with Gasteiger partial charge in [0.1, 0.15) is 11.6 Å². The third kappa shape index (κ3) is 3.55. The van der Waals surface area contributed by atoms with Crippen molar-refractivity contribution >= 4 is 15.7 Å². The number of hydrogen-bond acceptors (Lipinski definition) is 4. The standard InChI is InChI=1S/C16H21FN2O3S/c1-19-13-4-5-14(19)9-12(8-13)18-16(20)10-23(21,22)15-6-2-11(17)3-7-15/h2-3,6-7,12-14H,4-5,8-10H2,1H3,(H,18,20). The number of nitrogens with one attached hydrogen (secondary N) is 1. The molecule has 2 atom stereocenters. The summed E-state index contributed by atoms with van der Waals surface area (Å²) >= 11 is 0. The molecule has 126 valence electrons. The fourth-order valence-electron chi connectivity index (χ4n) is 3.70. The van der Waals surface area contributed by atoms with Crippen molar-refractivity contribution in [3.8, 4) is 0 Å². The molecule has 23 heavy (non-hydrogen) atoms. The molecule has 5 nitrogen and oxygen atoms in total. The highest BCUT2D eigenvalue weighted by molar-refractivity contribution is 7.92. The fourth-order valence-corrected chi connectivity index (χ4v) is 4.84. The monoisotopic (exact) mass is 340 g/mol. The minimum absolute atomic E-state index is 0.0301. The number of carbonyl (C=O) groups is 1. The van der Waals surface area contributed by atoms with Gasteiger partial charge < -0.3 is 10.2 Å². The van der Waals surface area contributed by atoms with Crippen LogP contribution in [0.5, 0.6) is 0 Å². The summed E-state index contributed by atoms with van der Waals surface area (Å²) in [6, 6.07) is 5.54. The number of hydrogen-bond donors (Lipinski definition) is 1. The first kappa shape index (κ1) is 16.4. The molecule has 1 amide bonds. The Morgan fingerprint density at radius 2 is 1.78 bits per heavy atom. The quantitative estimate of drug-likeness (QED) is 0.840. The summed E-state index contributed by atoms with van der Waals surface area (Å²) < 4.78 is 37.3. The predicted molar refractivity (Wildman–Crippen MR) is 84.2 cm³/mol. The molecule has 0 aromatic heterocycles. The largest absolute Gasteiger partial charge is 0.352 e. The van der Waals surface area contributed by atoms with E-state index in [9.17, 15) is 17.6 Å². The summed E-state index contributed by atoms with van der Waals surface area (Å²) in [5.41, 5.74) is 0. The van der Waals surface area contributed by atoms with Crippen LogP contribution in [0.25, 0.3) is 0 Å². The maximum Gasteiger partial charge on any atom is 0.235 e. The molecule has 2 heterocycles. The molecular weight excluding hydrogens is 319 g/mol. The van der Waals surface area contributed by atoms with Crippen molar-refractivity contribution in [2.45, 2.75) is 48.7 Å². The highest BCUT2D eigenvalue weighted by Crippen LogP contribution is 2.34. The molecular formula is C16H21FN2O3S. The first-order valence-corrected chi connectivity index (χ1v) is 9.50. The van der Waals surface area contributed by atoms with Crippen molar-refractivity contribution in [3.05, 3.63) is 30.1 Å². The van der Waals surface area contributed by atoms with Gasteiger partial charge in [-0.1, -0.05) is 0 Å². The Morgan fingerprint density at radius 1 is 1.22 bits per heavy atom. The summed E-state index contributed by atoms with van der Waals surface area (Å²) in [6.45, 7) is 0. The van der Waals surface area contributed by atoms with Gasteiger partial charge in [-0.25, -0.2) is 12.8 Å². The van der Waals surface area contributed by atoms with Gasteiger partial charge in [0, 0.05) is 18.1 Å². The first-order valence-electron chi connectivity index (χ1n) is 7.85. The van der Waals surface area contributed by atoms with Crippen LogP contribution in [0.2, 0.25) is 0 Å². The molecule has 1 aromatic carbocycles. The molecule has 0 radical (unpaired) electrons. The number of fused-ring (bicyclic) bond motifs is 2. The third-order valence-corrected chi connectivity index (χ3v) is 6.59. The fraction of sp³-hybridized carbons (Fsp3) is 0.562. The van der Waals surface area contributed by atoms with Crippen LogP contribution in [0.1, 0.15) is 25.7 Å². The van der Waals surface area contributed by atoms with Crippen molar-refractivity contribution in [1.82, 2.24) is 10.2 Å². The van der Waals surface area contributed by atoms with E-state index >= 15 is 0 Å². The highest BCUT2D eigenvalue weighted by atomic mass is 32.2. The van der Waals surface area contributed by atoms with E-state index in [1.807, 2.05) is 0 Å². The predicted octanol–water partition coefficient (Wildman–Crippen LogP) is 1.34. The minimum Gasteiger partial charge on any atom is -0.352 e. The zero-order valence-corrected chi connectivity index (χ0v) is 13.9. The zero-order chi connectivity index (χ0) is 16.6. The average molecular weight is 340 g/mol. The Labute approximate surface area is 135 Å². The summed E-state index contributed by atoms with van der Waals surface area (Å²) in [7, 11) is -1.63. The Bertz CT molecular complexity index is 676. The van der Waals surface area contributed by atoms with E-state index in [4.69, 9.17) is 0 Å². The average Bonchev–Trinajstić information content (AvgIpc) is 2.70. The molecule has 0 aliphatic carbocycles. The normalized spacial score (nSPS) is 27.8. The van der Waals surface area contributed by atoms with E-state index in [0.29, 0.717) is 12.1 Å². The van der Waals surface area contributed by atoms with Gasteiger partial charge in [0.05, 0.1) is 4.90 Å².